The van der Waals surface area contributed by atoms with E-state index in [1.165, 1.54) is 4.90 Å². The number of aliphatic hydroxyl groups is 1. The molecule has 0 saturated carbocycles. The number of likely N-dealkylation sites (N-methyl/N-ethyl adjacent to an activating group) is 1. The lowest BCUT2D eigenvalue weighted by atomic mass is 10.2. The SMILES string of the molecule is CN(C)CC(=O)N1C[C@H](O)C[C@H]1C(=O)O. The molecule has 0 unspecified atom stereocenters. The van der Waals surface area contributed by atoms with Crippen LogP contribution < -0.4 is 0 Å². The van der Waals surface area contributed by atoms with Crippen LogP contribution in [-0.2, 0) is 9.59 Å². The Labute approximate surface area is 88.1 Å². The summed E-state index contributed by atoms with van der Waals surface area (Å²) in [4.78, 5) is 25.4. The van der Waals surface area contributed by atoms with E-state index >= 15 is 0 Å². The van der Waals surface area contributed by atoms with Gasteiger partial charge < -0.3 is 20.0 Å². The van der Waals surface area contributed by atoms with Crippen LogP contribution in [0, 0.1) is 0 Å². The maximum absolute atomic E-state index is 11.6. The number of rotatable bonds is 3. The van der Waals surface area contributed by atoms with Crippen molar-refractivity contribution in [3.63, 3.8) is 0 Å². The fourth-order valence-electron chi connectivity index (χ4n) is 1.68. The average Bonchev–Trinajstić information content (AvgIpc) is 2.46. The maximum Gasteiger partial charge on any atom is 0.326 e. The highest BCUT2D eigenvalue weighted by atomic mass is 16.4. The molecule has 1 saturated heterocycles. The molecule has 0 aliphatic carbocycles. The molecule has 1 fully saturated rings. The van der Waals surface area contributed by atoms with Gasteiger partial charge in [0.1, 0.15) is 6.04 Å². The van der Waals surface area contributed by atoms with Crippen molar-refractivity contribution in [2.45, 2.75) is 18.6 Å². The first-order valence-corrected chi connectivity index (χ1v) is 4.77. The summed E-state index contributed by atoms with van der Waals surface area (Å²) >= 11 is 0. The first-order chi connectivity index (χ1) is 6.91. The predicted octanol–water partition coefficient (Wildman–Crippen LogP) is -1.41. The minimum Gasteiger partial charge on any atom is -0.480 e. The molecule has 6 nitrogen and oxygen atoms in total. The fourth-order valence-corrected chi connectivity index (χ4v) is 1.68. The molecular formula is C9H16N2O4. The second kappa shape index (κ2) is 4.59. The molecule has 1 aliphatic heterocycles. The zero-order chi connectivity index (χ0) is 11.6. The molecule has 2 atom stereocenters. The van der Waals surface area contributed by atoms with Crippen LogP contribution in [0.15, 0.2) is 0 Å². The van der Waals surface area contributed by atoms with Gasteiger partial charge in [-0.05, 0) is 14.1 Å². The molecular weight excluding hydrogens is 200 g/mol. The molecule has 6 heteroatoms. The Balaban J connectivity index is 2.66. The van der Waals surface area contributed by atoms with Crippen LogP contribution in [0.5, 0.6) is 0 Å². The molecule has 86 valence electrons. The number of aliphatic hydroxyl groups excluding tert-OH is 1. The summed E-state index contributed by atoms with van der Waals surface area (Å²) < 4.78 is 0. The molecule has 1 amide bonds. The van der Waals surface area contributed by atoms with E-state index in [4.69, 9.17) is 5.11 Å². The molecule has 0 aromatic carbocycles. The van der Waals surface area contributed by atoms with E-state index in [0.29, 0.717) is 0 Å². The minimum absolute atomic E-state index is 0.115. The minimum atomic E-state index is -1.06. The highest BCUT2D eigenvalue weighted by molar-refractivity contribution is 5.85. The van der Waals surface area contributed by atoms with Crippen LogP contribution >= 0.6 is 0 Å². The summed E-state index contributed by atoms with van der Waals surface area (Å²) in [5, 5.41) is 18.2. The molecule has 0 aromatic heterocycles. The van der Waals surface area contributed by atoms with Gasteiger partial charge >= 0.3 is 5.97 Å². The molecule has 1 heterocycles. The van der Waals surface area contributed by atoms with Gasteiger partial charge in [-0.1, -0.05) is 0 Å². The second-order valence-electron chi connectivity index (χ2n) is 4.03. The van der Waals surface area contributed by atoms with Crippen LogP contribution in [0.1, 0.15) is 6.42 Å². The standard InChI is InChI=1S/C9H16N2O4/c1-10(2)5-8(13)11-4-6(12)3-7(11)9(14)15/h6-7,12H,3-5H2,1-2H3,(H,14,15)/t6-,7+/m1/s1. The number of nitrogens with zero attached hydrogens (tertiary/aromatic N) is 2. The quantitative estimate of drug-likeness (QED) is 0.606. The lowest BCUT2D eigenvalue weighted by molar-refractivity contribution is -0.148. The topological polar surface area (TPSA) is 81.1 Å². The number of hydrogen-bond acceptors (Lipinski definition) is 4. The first-order valence-electron chi connectivity index (χ1n) is 4.77. The third-order valence-electron chi connectivity index (χ3n) is 2.34. The number of carboxylic acid groups (broad SMARTS) is 1. The van der Waals surface area contributed by atoms with Crippen LogP contribution in [0.4, 0.5) is 0 Å². The molecule has 15 heavy (non-hydrogen) atoms. The highest BCUT2D eigenvalue weighted by Gasteiger charge is 2.38. The summed E-state index contributed by atoms with van der Waals surface area (Å²) in [7, 11) is 3.47. The van der Waals surface area contributed by atoms with Crippen LogP contribution in [-0.4, -0.2) is 71.2 Å². The molecule has 0 spiro atoms. The summed E-state index contributed by atoms with van der Waals surface area (Å²) in [6.45, 7) is 0.278. The van der Waals surface area contributed by atoms with E-state index in [1.807, 2.05) is 0 Å². The van der Waals surface area contributed by atoms with E-state index in [1.54, 1.807) is 19.0 Å². The van der Waals surface area contributed by atoms with Gasteiger partial charge in [0.15, 0.2) is 0 Å². The summed E-state index contributed by atoms with van der Waals surface area (Å²) in [5.74, 6) is -1.32. The number of carboxylic acids is 1. The van der Waals surface area contributed by atoms with Gasteiger partial charge in [-0.3, -0.25) is 4.79 Å². The molecule has 0 bridgehead atoms. The van der Waals surface area contributed by atoms with Crippen molar-refractivity contribution in [1.82, 2.24) is 9.80 Å². The van der Waals surface area contributed by atoms with Crippen molar-refractivity contribution < 1.29 is 19.8 Å². The number of carbonyl (C=O) groups excluding carboxylic acids is 1. The number of β-amino-alcohol motifs (C(OH)–C–C–N with tert-alkyl or cyclic N) is 1. The molecule has 1 rings (SSSR count). The Morgan fingerprint density at radius 3 is 2.53 bits per heavy atom. The first kappa shape index (κ1) is 11.9. The largest absolute Gasteiger partial charge is 0.480 e. The number of likely N-dealkylation sites (tertiary alicyclic amines) is 1. The van der Waals surface area contributed by atoms with Crippen molar-refractivity contribution >= 4 is 11.9 Å². The predicted molar refractivity (Wildman–Crippen MR) is 52.3 cm³/mol. The third kappa shape index (κ3) is 2.90. The van der Waals surface area contributed by atoms with Crippen molar-refractivity contribution in [3.8, 4) is 0 Å². The maximum atomic E-state index is 11.6. The Bertz CT molecular complexity index is 267. The monoisotopic (exact) mass is 216 g/mol. The zero-order valence-electron chi connectivity index (χ0n) is 8.88. The Hall–Kier alpha value is -1.14. The smallest absolute Gasteiger partial charge is 0.326 e. The van der Waals surface area contributed by atoms with Crippen molar-refractivity contribution in [2.24, 2.45) is 0 Å². The van der Waals surface area contributed by atoms with Gasteiger partial charge in [-0.25, -0.2) is 4.79 Å². The van der Waals surface area contributed by atoms with E-state index in [9.17, 15) is 14.7 Å². The molecule has 0 aromatic rings. The number of hydrogen-bond donors (Lipinski definition) is 2. The Morgan fingerprint density at radius 1 is 1.47 bits per heavy atom. The Kier molecular flexibility index (Phi) is 3.65. The van der Waals surface area contributed by atoms with Crippen LogP contribution in [0.2, 0.25) is 0 Å². The Morgan fingerprint density at radius 2 is 2.07 bits per heavy atom. The van der Waals surface area contributed by atoms with Crippen molar-refractivity contribution in [2.75, 3.05) is 27.2 Å². The number of aliphatic carboxylic acids is 1. The lowest BCUT2D eigenvalue weighted by Crippen LogP contribution is -2.44. The summed E-state index contributed by atoms with van der Waals surface area (Å²) in [6, 6.07) is -0.882. The van der Waals surface area contributed by atoms with Gasteiger partial charge in [0.25, 0.3) is 0 Å². The van der Waals surface area contributed by atoms with Gasteiger partial charge in [0, 0.05) is 13.0 Å². The van der Waals surface area contributed by atoms with Gasteiger partial charge in [-0.15, -0.1) is 0 Å². The highest BCUT2D eigenvalue weighted by Crippen LogP contribution is 2.18. The third-order valence-corrected chi connectivity index (χ3v) is 2.34. The average molecular weight is 216 g/mol. The zero-order valence-corrected chi connectivity index (χ0v) is 8.88. The van der Waals surface area contributed by atoms with Crippen LogP contribution in [0.25, 0.3) is 0 Å². The number of amides is 1. The van der Waals surface area contributed by atoms with E-state index < -0.39 is 18.1 Å². The van der Waals surface area contributed by atoms with Crippen LogP contribution in [0.3, 0.4) is 0 Å². The van der Waals surface area contributed by atoms with E-state index in [0.717, 1.165) is 0 Å². The van der Waals surface area contributed by atoms with Crippen molar-refractivity contribution in [3.05, 3.63) is 0 Å². The fraction of sp³-hybridized carbons (Fsp3) is 0.778. The molecule has 2 N–H and O–H groups in total. The van der Waals surface area contributed by atoms with Crippen molar-refractivity contribution in [1.29, 1.82) is 0 Å². The second-order valence-corrected chi connectivity index (χ2v) is 4.03. The normalized spacial score (nSPS) is 26.0. The molecule has 1 aliphatic rings. The molecule has 0 radical (unpaired) electrons. The van der Waals surface area contributed by atoms with Gasteiger partial charge in [-0.2, -0.15) is 0 Å². The number of carbonyl (C=O) groups is 2. The van der Waals surface area contributed by atoms with Gasteiger partial charge in [0.2, 0.25) is 5.91 Å². The van der Waals surface area contributed by atoms with E-state index in [-0.39, 0.29) is 25.4 Å². The summed E-state index contributed by atoms with van der Waals surface area (Å²) in [6.07, 6.45) is -0.605. The van der Waals surface area contributed by atoms with Gasteiger partial charge in [0.05, 0.1) is 12.6 Å². The summed E-state index contributed by atoms with van der Waals surface area (Å²) in [5.41, 5.74) is 0. The van der Waals surface area contributed by atoms with E-state index in [2.05, 4.69) is 0 Å². The lowest BCUT2D eigenvalue weighted by Gasteiger charge is -2.22.